The highest BCUT2D eigenvalue weighted by molar-refractivity contribution is 6.02. The van der Waals surface area contributed by atoms with Gasteiger partial charge in [-0.1, -0.05) is 25.1 Å². The lowest BCUT2D eigenvalue weighted by atomic mass is 10.2. The van der Waals surface area contributed by atoms with Gasteiger partial charge in [-0.3, -0.25) is 9.59 Å². The maximum Gasteiger partial charge on any atom is 0.303 e. The molecule has 1 amide bonds. The topological polar surface area (TPSA) is 97.1 Å². The zero-order valence-corrected chi connectivity index (χ0v) is 14.0. The SMILES string of the molecule is CCCn1nc(NC(=O)CCCC(=O)O)c2cc3ccccc3nc21. The van der Waals surface area contributed by atoms with Gasteiger partial charge in [0.05, 0.1) is 10.9 Å². The number of rotatable bonds is 7. The standard InChI is InChI=1S/C18H20N4O3/c1-2-10-22-18-13(11-12-6-3-4-7-14(12)19-18)17(21-22)20-15(23)8-5-9-16(24)25/h3-4,6-7,11H,2,5,8-10H2,1H3,(H,24,25)(H,20,21,23). The number of carbonyl (C=O) groups is 2. The molecule has 0 unspecified atom stereocenters. The van der Waals surface area contributed by atoms with Crippen molar-refractivity contribution < 1.29 is 14.7 Å². The zero-order valence-electron chi connectivity index (χ0n) is 14.0. The van der Waals surface area contributed by atoms with Crippen LogP contribution < -0.4 is 5.32 Å². The maximum atomic E-state index is 12.1. The lowest BCUT2D eigenvalue weighted by molar-refractivity contribution is -0.137. The van der Waals surface area contributed by atoms with E-state index in [1.807, 2.05) is 30.3 Å². The van der Waals surface area contributed by atoms with Gasteiger partial charge in [0.15, 0.2) is 11.5 Å². The summed E-state index contributed by atoms with van der Waals surface area (Å²) in [6.45, 7) is 2.76. The first-order valence-electron chi connectivity index (χ1n) is 8.36. The van der Waals surface area contributed by atoms with Crippen LogP contribution in [-0.2, 0) is 16.1 Å². The Kier molecular flexibility index (Phi) is 4.92. The quantitative estimate of drug-likeness (QED) is 0.688. The van der Waals surface area contributed by atoms with Gasteiger partial charge < -0.3 is 10.4 Å². The number of aliphatic carboxylic acids is 1. The Balaban J connectivity index is 1.92. The molecule has 0 fully saturated rings. The molecule has 0 atom stereocenters. The van der Waals surface area contributed by atoms with Crippen molar-refractivity contribution in [3.63, 3.8) is 0 Å². The van der Waals surface area contributed by atoms with Gasteiger partial charge in [0, 0.05) is 24.8 Å². The second-order valence-corrected chi connectivity index (χ2v) is 5.92. The third-order valence-corrected chi connectivity index (χ3v) is 3.91. The van der Waals surface area contributed by atoms with Crippen molar-refractivity contribution in [1.29, 1.82) is 0 Å². The van der Waals surface area contributed by atoms with Crippen LogP contribution in [0.4, 0.5) is 5.82 Å². The second-order valence-electron chi connectivity index (χ2n) is 5.92. The third kappa shape index (κ3) is 3.76. The van der Waals surface area contributed by atoms with Gasteiger partial charge in [0.25, 0.3) is 0 Å². The number of amides is 1. The summed E-state index contributed by atoms with van der Waals surface area (Å²) in [6, 6.07) is 9.77. The van der Waals surface area contributed by atoms with Crippen molar-refractivity contribution in [3.8, 4) is 0 Å². The van der Waals surface area contributed by atoms with E-state index in [0.717, 1.165) is 28.4 Å². The molecule has 2 aromatic heterocycles. The lowest BCUT2D eigenvalue weighted by Gasteiger charge is -2.02. The summed E-state index contributed by atoms with van der Waals surface area (Å²) in [6.07, 6.45) is 1.33. The molecule has 0 aliphatic carbocycles. The number of aromatic nitrogens is 3. The van der Waals surface area contributed by atoms with Crippen LogP contribution in [0, 0.1) is 0 Å². The Morgan fingerprint density at radius 3 is 2.80 bits per heavy atom. The first-order valence-corrected chi connectivity index (χ1v) is 8.36. The highest BCUT2D eigenvalue weighted by atomic mass is 16.4. The van der Waals surface area contributed by atoms with Crippen molar-refractivity contribution in [1.82, 2.24) is 14.8 Å². The number of nitrogens with one attached hydrogen (secondary N) is 1. The third-order valence-electron chi connectivity index (χ3n) is 3.91. The number of hydrogen-bond acceptors (Lipinski definition) is 4. The molecule has 0 saturated carbocycles. The first kappa shape index (κ1) is 16.9. The summed E-state index contributed by atoms with van der Waals surface area (Å²) in [7, 11) is 0. The fourth-order valence-electron chi connectivity index (χ4n) is 2.75. The van der Waals surface area contributed by atoms with E-state index in [4.69, 9.17) is 5.11 Å². The van der Waals surface area contributed by atoms with Crippen LogP contribution in [0.5, 0.6) is 0 Å². The fraction of sp³-hybridized carbons (Fsp3) is 0.333. The van der Waals surface area contributed by atoms with Gasteiger partial charge in [-0.15, -0.1) is 0 Å². The monoisotopic (exact) mass is 340 g/mol. The highest BCUT2D eigenvalue weighted by Gasteiger charge is 2.15. The summed E-state index contributed by atoms with van der Waals surface area (Å²) in [4.78, 5) is 27.3. The van der Waals surface area contributed by atoms with E-state index >= 15 is 0 Å². The first-order chi connectivity index (χ1) is 12.1. The number of fused-ring (bicyclic) bond motifs is 2. The lowest BCUT2D eigenvalue weighted by Crippen LogP contribution is -2.13. The molecule has 0 spiro atoms. The molecule has 0 bridgehead atoms. The molecule has 2 heterocycles. The van der Waals surface area contributed by atoms with Crippen molar-refractivity contribution >= 4 is 39.6 Å². The minimum absolute atomic E-state index is 0.0232. The Bertz CT molecular complexity index is 933. The summed E-state index contributed by atoms with van der Waals surface area (Å²) in [5.41, 5.74) is 1.62. The Hall–Kier alpha value is -2.96. The Morgan fingerprint density at radius 2 is 2.04 bits per heavy atom. The van der Waals surface area contributed by atoms with E-state index in [1.54, 1.807) is 4.68 Å². The highest BCUT2D eigenvalue weighted by Crippen LogP contribution is 2.26. The molecule has 25 heavy (non-hydrogen) atoms. The van der Waals surface area contributed by atoms with Gasteiger partial charge in [0.2, 0.25) is 5.91 Å². The number of para-hydroxylation sites is 1. The minimum Gasteiger partial charge on any atom is -0.481 e. The summed E-state index contributed by atoms with van der Waals surface area (Å²) in [5.74, 6) is -0.666. The van der Waals surface area contributed by atoms with Crippen molar-refractivity contribution in [3.05, 3.63) is 30.3 Å². The number of aryl methyl sites for hydroxylation is 1. The van der Waals surface area contributed by atoms with Gasteiger partial charge in [-0.2, -0.15) is 5.10 Å². The molecule has 3 rings (SSSR count). The average Bonchev–Trinajstić information content (AvgIpc) is 2.90. The molecule has 0 aliphatic rings. The summed E-state index contributed by atoms with van der Waals surface area (Å²) < 4.78 is 1.80. The fourth-order valence-corrected chi connectivity index (χ4v) is 2.75. The molecule has 0 saturated heterocycles. The van der Waals surface area contributed by atoms with Crippen LogP contribution in [0.25, 0.3) is 21.9 Å². The molecule has 1 aromatic carbocycles. The van der Waals surface area contributed by atoms with Crippen LogP contribution in [0.2, 0.25) is 0 Å². The van der Waals surface area contributed by atoms with Gasteiger partial charge in [0.1, 0.15) is 0 Å². The van der Waals surface area contributed by atoms with Crippen LogP contribution in [0.3, 0.4) is 0 Å². The number of nitrogens with zero attached hydrogens (tertiary/aromatic N) is 3. The van der Waals surface area contributed by atoms with Crippen LogP contribution in [0.15, 0.2) is 30.3 Å². The average molecular weight is 340 g/mol. The Morgan fingerprint density at radius 1 is 1.24 bits per heavy atom. The number of pyridine rings is 1. The normalized spacial score (nSPS) is 11.1. The molecule has 0 radical (unpaired) electrons. The van der Waals surface area contributed by atoms with E-state index in [0.29, 0.717) is 18.8 Å². The number of anilines is 1. The molecule has 7 heteroatoms. The number of carboxylic acid groups (broad SMARTS) is 1. The van der Waals surface area contributed by atoms with E-state index in [2.05, 4.69) is 22.3 Å². The van der Waals surface area contributed by atoms with Gasteiger partial charge in [-0.25, -0.2) is 9.67 Å². The molecule has 7 nitrogen and oxygen atoms in total. The molecular formula is C18H20N4O3. The molecule has 2 N–H and O–H groups in total. The van der Waals surface area contributed by atoms with Crippen LogP contribution in [-0.4, -0.2) is 31.7 Å². The van der Waals surface area contributed by atoms with E-state index in [9.17, 15) is 9.59 Å². The predicted octanol–water partition coefficient (Wildman–Crippen LogP) is 3.19. The predicted molar refractivity (Wildman–Crippen MR) is 95.4 cm³/mol. The van der Waals surface area contributed by atoms with E-state index in [1.165, 1.54) is 0 Å². The number of carbonyl (C=O) groups excluding carboxylic acids is 1. The van der Waals surface area contributed by atoms with Gasteiger partial charge in [-0.05, 0) is 25.0 Å². The van der Waals surface area contributed by atoms with Crippen molar-refractivity contribution in [2.45, 2.75) is 39.2 Å². The molecule has 0 aliphatic heterocycles. The Labute approximate surface area is 144 Å². The second kappa shape index (κ2) is 7.29. The molecular weight excluding hydrogens is 320 g/mol. The number of carboxylic acids is 1. The van der Waals surface area contributed by atoms with Crippen LogP contribution in [0.1, 0.15) is 32.6 Å². The van der Waals surface area contributed by atoms with E-state index in [-0.39, 0.29) is 18.7 Å². The number of benzene rings is 1. The van der Waals surface area contributed by atoms with Crippen LogP contribution >= 0.6 is 0 Å². The smallest absolute Gasteiger partial charge is 0.303 e. The van der Waals surface area contributed by atoms with Gasteiger partial charge >= 0.3 is 5.97 Å². The van der Waals surface area contributed by atoms with Crippen molar-refractivity contribution in [2.24, 2.45) is 0 Å². The summed E-state index contributed by atoms with van der Waals surface area (Å²) in [5, 5.41) is 17.7. The van der Waals surface area contributed by atoms with Crippen molar-refractivity contribution in [2.75, 3.05) is 5.32 Å². The zero-order chi connectivity index (χ0) is 17.8. The largest absolute Gasteiger partial charge is 0.481 e. The maximum absolute atomic E-state index is 12.1. The number of hydrogen-bond donors (Lipinski definition) is 2. The summed E-state index contributed by atoms with van der Waals surface area (Å²) >= 11 is 0. The molecule has 130 valence electrons. The molecule has 3 aromatic rings. The minimum atomic E-state index is -0.902. The van der Waals surface area contributed by atoms with E-state index < -0.39 is 5.97 Å².